The molecule has 2 saturated heterocycles. The lowest BCUT2D eigenvalue weighted by atomic mass is 10.1. The van der Waals surface area contributed by atoms with Crippen molar-refractivity contribution in [1.29, 1.82) is 0 Å². The Balaban J connectivity index is 0.00000243. The number of amides is 2. The lowest BCUT2D eigenvalue weighted by molar-refractivity contribution is -0.138. The summed E-state index contributed by atoms with van der Waals surface area (Å²) in [7, 11) is 0. The Morgan fingerprint density at radius 1 is 1.12 bits per heavy atom. The van der Waals surface area contributed by atoms with Gasteiger partial charge in [-0.1, -0.05) is 29.3 Å². The molecule has 8 heteroatoms. The van der Waals surface area contributed by atoms with E-state index in [0.717, 1.165) is 31.6 Å². The van der Waals surface area contributed by atoms with Crippen LogP contribution in [0.4, 0.5) is 0 Å². The number of carbonyl (C=O) groups is 2. The largest absolute Gasteiger partial charge is 0.341 e. The van der Waals surface area contributed by atoms with Gasteiger partial charge in [0.25, 0.3) is 0 Å². The summed E-state index contributed by atoms with van der Waals surface area (Å²) in [5.74, 6) is 0.0770. The average Bonchev–Trinajstić information content (AvgIpc) is 3.11. The molecule has 0 unspecified atom stereocenters. The maximum absolute atomic E-state index is 12.9. The first kappa shape index (κ1) is 21.3. The fourth-order valence-electron chi connectivity index (χ4n) is 3.65. The van der Waals surface area contributed by atoms with Crippen LogP contribution in [0.25, 0.3) is 0 Å². The van der Waals surface area contributed by atoms with Crippen molar-refractivity contribution in [2.45, 2.75) is 25.3 Å². The smallest absolute Gasteiger partial charge is 0.227 e. The van der Waals surface area contributed by atoms with Crippen molar-refractivity contribution in [2.75, 3.05) is 39.3 Å². The predicted octanol–water partition coefficient (Wildman–Crippen LogP) is 2.72. The van der Waals surface area contributed by atoms with E-state index in [4.69, 9.17) is 23.2 Å². The molecule has 3 rings (SSSR count). The van der Waals surface area contributed by atoms with E-state index in [-0.39, 0.29) is 24.4 Å². The van der Waals surface area contributed by atoms with Gasteiger partial charge in [-0.2, -0.15) is 0 Å². The van der Waals surface area contributed by atoms with Crippen LogP contribution in [-0.4, -0.2) is 72.3 Å². The first-order chi connectivity index (χ1) is 12.1. The van der Waals surface area contributed by atoms with Crippen LogP contribution >= 0.6 is 35.6 Å². The number of piperazine rings is 1. The molecule has 2 aliphatic heterocycles. The highest BCUT2D eigenvalue weighted by Crippen LogP contribution is 2.23. The van der Waals surface area contributed by atoms with Gasteiger partial charge in [-0.15, -0.1) is 12.4 Å². The molecular weight excluding hydrogens is 397 g/mol. The van der Waals surface area contributed by atoms with Gasteiger partial charge in [-0.25, -0.2) is 0 Å². The number of benzene rings is 1. The number of halogens is 3. The number of likely N-dealkylation sites (tertiary alicyclic amines) is 1. The Morgan fingerprint density at radius 3 is 2.50 bits per heavy atom. The topological polar surface area (TPSA) is 43.9 Å². The summed E-state index contributed by atoms with van der Waals surface area (Å²) in [6, 6.07) is 5.35. The van der Waals surface area contributed by atoms with E-state index in [2.05, 4.69) is 4.90 Å². The second-order valence-corrected chi connectivity index (χ2v) is 7.59. The quantitative estimate of drug-likeness (QED) is 0.688. The Labute approximate surface area is 170 Å². The fourth-order valence-corrected chi connectivity index (χ4v) is 3.97. The molecule has 0 saturated carbocycles. The standard InChI is InChI=1S/C18H23Cl2N3O2.ClH/c19-16-4-3-14(9-17(16)20)10-18(25)23-8-7-22(13-24)12-15(23)11-21-5-1-2-6-21;/h3-4,9,13,15H,1-2,5-8,10-12H2;1H/t15-;/m1./s1. The van der Waals surface area contributed by atoms with Crippen LogP contribution < -0.4 is 0 Å². The Hall–Kier alpha value is -1.01. The van der Waals surface area contributed by atoms with E-state index in [1.54, 1.807) is 17.0 Å². The lowest BCUT2D eigenvalue weighted by Gasteiger charge is -2.41. The van der Waals surface area contributed by atoms with Crippen molar-refractivity contribution in [2.24, 2.45) is 0 Å². The number of hydrogen-bond donors (Lipinski definition) is 0. The molecule has 2 aliphatic rings. The maximum atomic E-state index is 12.9. The van der Waals surface area contributed by atoms with Gasteiger partial charge >= 0.3 is 0 Å². The van der Waals surface area contributed by atoms with Gasteiger partial charge in [0.05, 0.1) is 22.5 Å². The van der Waals surface area contributed by atoms with Crippen molar-refractivity contribution in [3.8, 4) is 0 Å². The van der Waals surface area contributed by atoms with E-state index in [0.29, 0.717) is 36.1 Å². The number of hydrogen-bond acceptors (Lipinski definition) is 3. The van der Waals surface area contributed by atoms with E-state index >= 15 is 0 Å². The van der Waals surface area contributed by atoms with Crippen molar-refractivity contribution in [3.63, 3.8) is 0 Å². The molecule has 0 N–H and O–H groups in total. The Morgan fingerprint density at radius 2 is 1.85 bits per heavy atom. The van der Waals surface area contributed by atoms with E-state index in [1.165, 1.54) is 12.8 Å². The number of carbonyl (C=O) groups excluding carboxylic acids is 2. The molecular formula is C18H24Cl3N3O2. The summed E-state index contributed by atoms with van der Waals surface area (Å²) in [6.45, 7) is 4.76. The molecule has 0 bridgehead atoms. The molecule has 2 fully saturated rings. The van der Waals surface area contributed by atoms with Crippen LogP contribution in [0.5, 0.6) is 0 Å². The van der Waals surface area contributed by atoms with E-state index < -0.39 is 0 Å². The third-order valence-electron chi connectivity index (χ3n) is 4.99. The SMILES string of the molecule is Cl.O=CN1CCN(C(=O)Cc2ccc(Cl)c(Cl)c2)[C@H](CN2CCCC2)C1. The summed E-state index contributed by atoms with van der Waals surface area (Å²) in [6.07, 6.45) is 3.61. The van der Waals surface area contributed by atoms with Crippen molar-refractivity contribution >= 4 is 47.9 Å². The summed E-state index contributed by atoms with van der Waals surface area (Å²) < 4.78 is 0. The first-order valence-electron chi connectivity index (χ1n) is 8.72. The minimum Gasteiger partial charge on any atom is -0.341 e. The molecule has 2 heterocycles. The monoisotopic (exact) mass is 419 g/mol. The third-order valence-corrected chi connectivity index (χ3v) is 5.73. The average molecular weight is 421 g/mol. The first-order valence-corrected chi connectivity index (χ1v) is 9.47. The summed E-state index contributed by atoms with van der Waals surface area (Å²) >= 11 is 12.0. The molecule has 1 atom stereocenters. The zero-order valence-electron chi connectivity index (χ0n) is 14.6. The minimum absolute atomic E-state index is 0. The highest BCUT2D eigenvalue weighted by molar-refractivity contribution is 6.42. The van der Waals surface area contributed by atoms with Crippen LogP contribution in [0.15, 0.2) is 18.2 Å². The molecule has 2 amide bonds. The van der Waals surface area contributed by atoms with Crippen molar-refractivity contribution in [1.82, 2.24) is 14.7 Å². The number of rotatable bonds is 5. The Bertz CT molecular complexity index is 638. The van der Waals surface area contributed by atoms with Gasteiger partial charge in [0.1, 0.15) is 0 Å². The molecule has 1 aromatic rings. The fraction of sp³-hybridized carbons (Fsp3) is 0.556. The van der Waals surface area contributed by atoms with E-state index in [1.807, 2.05) is 11.0 Å². The zero-order valence-corrected chi connectivity index (χ0v) is 16.9. The second kappa shape index (κ2) is 9.79. The zero-order chi connectivity index (χ0) is 17.8. The molecule has 1 aromatic carbocycles. The normalized spacial score (nSPS) is 20.8. The highest BCUT2D eigenvalue weighted by Gasteiger charge is 2.31. The van der Waals surface area contributed by atoms with Crippen molar-refractivity contribution in [3.05, 3.63) is 33.8 Å². The van der Waals surface area contributed by atoms with Gasteiger partial charge in [-0.3, -0.25) is 9.59 Å². The molecule has 26 heavy (non-hydrogen) atoms. The number of nitrogens with zero attached hydrogens (tertiary/aromatic N) is 3. The highest BCUT2D eigenvalue weighted by atomic mass is 35.5. The Kier molecular flexibility index (Phi) is 8.02. The van der Waals surface area contributed by atoms with Crippen molar-refractivity contribution < 1.29 is 9.59 Å². The summed E-state index contributed by atoms with van der Waals surface area (Å²) in [5.41, 5.74) is 0.858. The molecule has 0 aliphatic carbocycles. The molecule has 144 valence electrons. The van der Waals surface area contributed by atoms with Crippen LogP contribution in [-0.2, 0) is 16.0 Å². The summed E-state index contributed by atoms with van der Waals surface area (Å²) in [4.78, 5) is 30.1. The van der Waals surface area contributed by atoms with Crippen LogP contribution in [0.3, 0.4) is 0 Å². The maximum Gasteiger partial charge on any atom is 0.227 e. The van der Waals surface area contributed by atoms with Gasteiger partial charge in [0, 0.05) is 26.2 Å². The molecule has 0 spiro atoms. The van der Waals surface area contributed by atoms with E-state index in [9.17, 15) is 9.59 Å². The van der Waals surface area contributed by atoms with Gasteiger partial charge < -0.3 is 14.7 Å². The van der Waals surface area contributed by atoms with Crippen LogP contribution in [0, 0.1) is 0 Å². The molecule has 0 aromatic heterocycles. The van der Waals surface area contributed by atoms with Crippen LogP contribution in [0.2, 0.25) is 10.0 Å². The predicted molar refractivity (Wildman–Crippen MR) is 106 cm³/mol. The van der Waals surface area contributed by atoms with Gasteiger partial charge in [0.2, 0.25) is 12.3 Å². The summed E-state index contributed by atoms with van der Waals surface area (Å²) in [5, 5.41) is 0.954. The lowest BCUT2D eigenvalue weighted by Crippen LogP contribution is -2.58. The minimum atomic E-state index is 0. The van der Waals surface area contributed by atoms with Crippen LogP contribution in [0.1, 0.15) is 18.4 Å². The third kappa shape index (κ3) is 5.26. The van der Waals surface area contributed by atoms with Gasteiger partial charge in [-0.05, 0) is 43.6 Å². The second-order valence-electron chi connectivity index (χ2n) is 6.77. The molecule has 0 radical (unpaired) electrons. The van der Waals surface area contributed by atoms with Gasteiger partial charge in [0.15, 0.2) is 0 Å². The molecule has 5 nitrogen and oxygen atoms in total.